The molecule has 7 nitrogen and oxygen atoms in total. The molecule has 1 aromatic carbocycles. The van der Waals surface area contributed by atoms with Crippen molar-refractivity contribution in [2.45, 2.75) is 19.4 Å². The maximum absolute atomic E-state index is 13.3. The molecule has 1 rings (SSSR count). The van der Waals surface area contributed by atoms with E-state index in [9.17, 15) is 9.18 Å². The Labute approximate surface area is 154 Å². The maximum atomic E-state index is 13.3. The van der Waals surface area contributed by atoms with Crippen LogP contribution in [-0.4, -0.2) is 70.3 Å². The summed E-state index contributed by atoms with van der Waals surface area (Å²) in [5.74, 6) is 0.544. The van der Waals surface area contributed by atoms with Crippen molar-refractivity contribution >= 4 is 11.9 Å². The fourth-order valence-electron chi connectivity index (χ4n) is 1.95. The van der Waals surface area contributed by atoms with Gasteiger partial charge in [0.05, 0.1) is 13.2 Å². The summed E-state index contributed by atoms with van der Waals surface area (Å²) in [5.41, 5.74) is 0. The average Bonchev–Trinajstić information content (AvgIpc) is 2.62. The summed E-state index contributed by atoms with van der Waals surface area (Å²) in [5, 5.41) is 6.25. The number of benzene rings is 1. The molecule has 1 amide bonds. The van der Waals surface area contributed by atoms with E-state index in [0.717, 1.165) is 6.42 Å². The minimum absolute atomic E-state index is 0.0386. The maximum Gasteiger partial charge on any atom is 0.243 e. The smallest absolute Gasteiger partial charge is 0.243 e. The fourth-order valence-corrected chi connectivity index (χ4v) is 1.95. The third-order valence-corrected chi connectivity index (χ3v) is 3.52. The van der Waals surface area contributed by atoms with Crippen LogP contribution in [0.15, 0.2) is 29.3 Å². The molecule has 2 N–H and O–H groups in total. The number of carbonyl (C=O) groups is 1. The number of amides is 1. The Bertz CT molecular complexity index is 581. The average molecular weight is 368 g/mol. The zero-order valence-electron chi connectivity index (χ0n) is 15.9. The van der Waals surface area contributed by atoms with E-state index in [1.54, 1.807) is 33.3 Å². The van der Waals surface area contributed by atoms with Crippen molar-refractivity contribution in [1.29, 1.82) is 0 Å². The van der Waals surface area contributed by atoms with E-state index >= 15 is 0 Å². The van der Waals surface area contributed by atoms with Gasteiger partial charge in [-0.3, -0.25) is 4.79 Å². The summed E-state index contributed by atoms with van der Waals surface area (Å²) in [6, 6.07) is 6.05. The first-order valence-corrected chi connectivity index (χ1v) is 8.59. The van der Waals surface area contributed by atoms with Gasteiger partial charge < -0.3 is 25.0 Å². The van der Waals surface area contributed by atoms with E-state index < -0.39 is 0 Å². The Kier molecular flexibility index (Phi) is 10.1. The quantitative estimate of drug-likeness (QED) is 0.369. The predicted molar refractivity (Wildman–Crippen MR) is 100.0 cm³/mol. The molecule has 1 unspecified atom stereocenters. The highest BCUT2D eigenvalue weighted by atomic mass is 19.1. The molecular formula is C18H29FN4O3. The molecule has 0 radical (unpaired) electrons. The molecule has 0 aliphatic heterocycles. The fraction of sp³-hybridized carbons (Fsp3) is 0.556. The molecule has 26 heavy (non-hydrogen) atoms. The van der Waals surface area contributed by atoms with Crippen LogP contribution < -0.4 is 15.4 Å². The van der Waals surface area contributed by atoms with Crippen LogP contribution in [0.3, 0.4) is 0 Å². The number of likely N-dealkylation sites (N-methyl/N-ethyl adjacent to an activating group) is 1. The number of guanidine groups is 1. The number of halogens is 1. The van der Waals surface area contributed by atoms with Gasteiger partial charge in [0, 0.05) is 33.8 Å². The SMILES string of the molecule is CCC(CNC(=NCC(=O)N(C)C)NCCOC)Oc1cccc(F)c1. The van der Waals surface area contributed by atoms with Gasteiger partial charge in [-0.2, -0.15) is 0 Å². The van der Waals surface area contributed by atoms with Gasteiger partial charge >= 0.3 is 0 Å². The van der Waals surface area contributed by atoms with E-state index in [4.69, 9.17) is 9.47 Å². The van der Waals surface area contributed by atoms with Gasteiger partial charge in [-0.05, 0) is 18.6 Å². The first-order valence-electron chi connectivity index (χ1n) is 8.59. The molecular weight excluding hydrogens is 339 g/mol. The van der Waals surface area contributed by atoms with Crippen LogP contribution in [0.25, 0.3) is 0 Å². The number of ether oxygens (including phenoxy) is 2. The first-order chi connectivity index (χ1) is 12.5. The molecule has 0 saturated carbocycles. The summed E-state index contributed by atoms with van der Waals surface area (Å²) >= 11 is 0. The largest absolute Gasteiger partial charge is 0.489 e. The standard InChI is InChI=1S/C18H29FN4O3/c1-5-15(26-16-8-6-7-14(19)11-16)12-21-18(20-9-10-25-4)22-13-17(24)23(2)3/h6-8,11,15H,5,9-10,12-13H2,1-4H3,(H2,20,21,22). The summed E-state index contributed by atoms with van der Waals surface area (Å²) < 4.78 is 24.1. The van der Waals surface area contributed by atoms with Crippen LogP contribution in [-0.2, 0) is 9.53 Å². The van der Waals surface area contributed by atoms with Gasteiger partial charge in [-0.15, -0.1) is 0 Å². The molecule has 0 aromatic heterocycles. The molecule has 146 valence electrons. The molecule has 0 aliphatic carbocycles. The number of nitrogens with one attached hydrogen (secondary N) is 2. The van der Waals surface area contributed by atoms with Gasteiger partial charge in [-0.1, -0.05) is 13.0 Å². The second-order valence-corrected chi connectivity index (χ2v) is 5.86. The van der Waals surface area contributed by atoms with E-state index in [-0.39, 0.29) is 24.4 Å². The minimum Gasteiger partial charge on any atom is -0.489 e. The van der Waals surface area contributed by atoms with Crippen molar-refractivity contribution in [2.24, 2.45) is 4.99 Å². The van der Waals surface area contributed by atoms with Crippen molar-refractivity contribution in [3.05, 3.63) is 30.1 Å². The van der Waals surface area contributed by atoms with E-state index in [0.29, 0.717) is 31.4 Å². The molecule has 0 spiro atoms. The molecule has 0 fully saturated rings. The molecule has 0 heterocycles. The first kappa shape index (κ1) is 21.7. The van der Waals surface area contributed by atoms with Gasteiger partial charge in [0.1, 0.15) is 24.2 Å². The highest BCUT2D eigenvalue weighted by molar-refractivity contribution is 5.84. The van der Waals surface area contributed by atoms with Crippen LogP contribution in [0.1, 0.15) is 13.3 Å². The molecule has 1 aromatic rings. The molecule has 1 atom stereocenters. The van der Waals surface area contributed by atoms with Gasteiger partial charge in [0.25, 0.3) is 0 Å². The number of nitrogens with zero attached hydrogens (tertiary/aromatic N) is 2. The lowest BCUT2D eigenvalue weighted by molar-refractivity contribution is -0.127. The molecule has 0 saturated heterocycles. The monoisotopic (exact) mass is 368 g/mol. The van der Waals surface area contributed by atoms with Crippen molar-refractivity contribution in [3.63, 3.8) is 0 Å². The van der Waals surface area contributed by atoms with Gasteiger partial charge in [0.2, 0.25) is 5.91 Å². The zero-order valence-corrected chi connectivity index (χ0v) is 15.9. The summed E-state index contributed by atoms with van der Waals surface area (Å²) in [7, 11) is 4.98. The van der Waals surface area contributed by atoms with Gasteiger partial charge in [-0.25, -0.2) is 9.38 Å². The summed E-state index contributed by atoms with van der Waals surface area (Å²) in [6.45, 7) is 3.55. The number of carbonyl (C=O) groups excluding carboxylic acids is 1. The highest BCUT2D eigenvalue weighted by Crippen LogP contribution is 2.14. The Morgan fingerprint density at radius 3 is 2.73 bits per heavy atom. The normalized spacial score (nSPS) is 12.4. The van der Waals surface area contributed by atoms with Crippen LogP contribution in [0.2, 0.25) is 0 Å². The van der Waals surface area contributed by atoms with E-state index in [1.807, 2.05) is 6.92 Å². The number of hydrogen-bond donors (Lipinski definition) is 2. The van der Waals surface area contributed by atoms with Crippen LogP contribution in [0.5, 0.6) is 5.75 Å². The number of methoxy groups -OCH3 is 1. The van der Waals surface area contributed by atoms with Crippen molar-refractivity contribution < 1.29 is 18.7 Å². The number of hydrogen-bond acceptors (Lipinski definition) is 4. The summed E-state index contributed by atoms with van der Waals surface area (Å²) in [6.07, 6.45) is 0.557. The second-order valence-electron chi connectivity index (χ2n) is 5.86. The highest BCUT2D eigenvalue weighted by Gasteiger charge is 2.11. The molecule has 8 heteroatoms. The van der Waals surface area contributed by atoms with Crippen molar-refractivity contribution in [2.75, 3.05) is 47.4 Å². The van der Waals surface area contributed by atoms with Crippen LogP contribution in [0, 0.1) is 5.82 Å². The second kappa shape index (κ2) is 12.1. The molecule has 0 aliphatic rings. The molecule has 0 bridgehead atoms. The van der Waals surface area contributed by atoms with Gasteiger partial charge in [0.15, 0.2) is 5.96 Å². The lowest BCUT2D eigenvalue weighted by Gasteiger charge is -2.20. The number of aliphatic imine (C=N–C) groups is 1. The lowest BCUT2D eigenvalue weighted by atomic mass is 10.2. The summed E-state index contributed by atoms with van der Waals surface area (Å²) in [4.78, 5) is 17.5. The topological polar surface area (TPSA) is 75.2 Å². The Hall–Kier alpha value is -2.35. The Balaban J connectivity index is 2.62. The zero-order chi connectivity index (χ0) is 19.4. The third-order valence-electron chi connectivity index (χ3n) is 3.52. The number of rotatable bonds is 10. The predicted octanol–water partition coefficient (Wildman–Crippen LogP) is 1.25. The third kappa shape index (κ3) is 8.66. The Morgan fingerprint density at radius 2 is 2.12 bits per heavy atom. The van der Waals surface area contributed by atoms with E-state index in [2.05, 4.69) is 15.6 Å². The lowest BCUT2D eigenvalue weighted by Crippen LogP contribution is -2.44. The van der Waals surface area contributed by atoms with E-state index in [1.165, 1.54) is 17.0 Å². The Morgan fingerprint density at radius 1 is 1.35 bits per heavy atom. The van der Waals surface area contributed by atoms with Crippen molar-refractivity contribution in [1.82, 2.24) is 15.5 Å². The van der Waals surface area contributed by atoms with Crippen LogP contribution in [0.4, 0.5) is 4.39 Å². The minimum atomic E-state index is -0.337. The van der Waals surface area contributed by atoms with Crippen molar-refractivity contribution in [3.8, 4) is 5.75 Å². The van der Waals surface area contributed by atoms with Crippen LogP contribution >= 0.6 is 0 Å².